The summed E-state index contributed by atoms with van der Waals surface area (Å²) in [6, 6.07) is 13.8. The number of benzene rings is 2. The summed E-state index contributed by atoms with van der Waals surface area (Å²) >= 11 is 0. The molecule has 1 aliphatic rings. The van der Waals surface area contributed by atoms with Crippen LogP contribution in [-0.4, -0.2) is 82.3 Å². The van der Waals surface area contributed by atoms with Crippen molar-refractivity contribution >= 4 is 22.9 Å². The van der Waals surface area contributed by atoms with Crippen LogP contribution in [0.2, 0.25) is 0 Å². The number of carbonyl (C=O) groups is 2. The first-order chi connectivity index (χ1) is 17.0. The van der Waals surface area contributed by atoms with Gasteiger partial charge in [0.05, 0.1) is 29.7 Å². The molecule has 0 radical (unpaired) electrons. The van der Waals surface area contributed by atoms with Gasteiger partial charge in [0.2, 0.25) is 5.91 Å². The lowest BCUT2D eigenvalue weighted by molar-refractivity contribution is -0.132. The third kappa shape index (κ3) is 5.71. The van der Waals surface area contributed by atoms with E-state index in [-0.39, 0.29) is 19.1 Å². The molecule has 0 atom stereocenters. The smallest absolute Gasteiger partial charge is 0.338 e. The average molecular weight is 479 g/mol. The zero-order chi connectivity index (χ0) is 24.8. The van der Waals surface area contributed by atoms with Crippen LogP contribution in [0.15, 0.2) is 48.8 Å². The minimum Gasteiger partial charge on any atom is -0.460 e. The van der Waals surface area contributed by atoms with Crippen LogP contribution in [0.25, 0.3) is 16.7 Å². The van der Waals surface area contributed by atoms with Crippen molar-refractivity contribution < 1.29 is 19.4 Å². The highest BCUT2D eigenvalue weighted by Gasteiger charge is 2.23. The van der Waals surface area contributed by atoms with Gasteiger partial charge in [-0.15, -0.1) is 0 Å². The molecule has 1 aromatic heterocycles. The van der Waals surface area contributed by atoms with E-state index >= 15 is 0 Å². The normalized spacial score (nSPS) is 14.8. The standard InChI is InChI=1S/C27H34N4O4/c1-3-30(4-2)26(33)18-29-12-10-20(11-13-29)21-6-5-7-23(16-21)31-19-28-24-17-22(8-9-25(24)31)27(34)35-15-14-32/h5-9,16-17,19-20,32H,3-4,10-15,18H2,1-2H3. The highest BCUT2D eigenvalue weighted by Crippen LogP contribution is 2.30. The molecule has 8 heteroatoms. The number of amides is 1. The van der Waals surface area contributed by atoms with Crippen LogP contribution in [0, 0.1) is 0 Å². The fraction of sp³-hybridized carbons (Fsp3) is 0.444. The van der Waals surface area contributed by atoms with Gasteiger partial charge in [0.15, 0.2) is 0 Å². The van der Waals surface area contributed by atoms with Crippen LogP contribution in [0.5, 0.6) is 0 Å². The molecule has 1 fully saturated rings. The summed E-state index contributed by atoms with van der Waals surface area (Å²) in [5.41, 5.74) is 4.35. The maximum absolute atomic E-state index is 12.5. The Morgan fingerprint density at radius 3 is 2.60 bits per heavy atom. The first-order valence-electron chi connectivity index (χ1n) is 12.4. The third-order valence-corrected chi connectivity index (χ3v) is 6.79. The van der Waals surface area contributed by atoms with Gasteiger partial charge in [-0.25, -0.2) is 9.78 Å². The number of likely N-dealkylation sites (N-methyl/N-ethyl adjacent to an activating group) is 1. The average Bonchev–Trinajstić information content (AvgIpc) is 3.32. The molecule has 2 aromatic carbocycles. The van der Waals surface area contributed by atoms with Gasteiger partial charge in [-0.2, -0.15) is 0 Å². The minimum atomic E-state index is -0.470. The van der Waals surface area contributed by atoms with Crippen molar-refractivity contribution in [2.45, 2.75) is 32.6 Å². The maximum atomic E-state index is 12.5. The number of rotatable bonds is 9. The van der Waals surface area contributed by atoms with E-state index in [2.05, 4.69) is 34.1 Å². The Kier molecular flexibility index (Phi) is 8.15. The minimum absolute atomic E-state index is 0.0245. The number of carbonyl (C=O) groups excluding carboxylic acids is 2. The van der Waals surface area contributed by atoms with Gasteiger partial charge in [0.1, 0.15) is 12.9 Å². The topological polar surface area (TPSA) is 87.9 Å². The first kappa shape index (κ1) is 24.9. The Morgan fingerprint density at radius 2 is 1.89 bits per heavy atom. The summed E-state index contributed by atoms with van der Waals surface area (Å²) in [4.78, 5) is 33.2. The molecule has 4 rings (SSSR count). The monoisotopic (exact) mass is 478 g/mol. The number of aliphatic hydroxyl groups is 1. The van der Waals surface area contributed by atoms with Gasteiger partial charge < -0.3 is 14.7 Å². The zero-order valence-electron chi connectivity index (χ0n) is 20.5. The van der Waals surface area contributed by atoms with Crippen LogP contribution in [0.3, 0.4) is 0 Å². The van der Waals surface area contributed by atoms with E-state index in [1.165, 1.54) is 5.56 Å². The van der Waals surface area contributed by atoms with E-state index in [0.717, 1.165) is 50.2 Å². The molecule has 0 bridgehead atoms. The Balaban J connectivity index is 1.44. The Labute approximate surface area is 206 Å². The Bertz CT molecular complexity index is 1160. The summed E-state index contributed by atoms with van der Waals surface area (Å²) in [5, 5.41) is 8.86. The number of likely N-dealkylation sites (tertiary alicyclic amines) is 1. The molecule has 186 valence electrons. The van der Waals surface area contributed by atoms with Crippen molar-refractivity contribution in [3.8, 4) is 5.69 Å². The molecule has 3 aromatic rings. The number of ether oxygens (including phenoxy) is 1. The fourth-order valence-corrected chi connectivity index (χ4v) is 4.79. The summed E-state index contributed by atoms with van der Waals surface area (Å²) in [5.74, 6) is 0.201. The number of nitrogens with zero attached hydrogens (tertiary/aromatic N) is 4. The number of aliphatic hydroxyl groups excluding tert-OH is 1. The molecule has 2 heterocycles. The van der Waals surface area contributed by atoms with Gasteiger partial charge in [-0.1, -0.05) is 12.1 Å². The zero-order valence-corrected chi connectivity index (χ0v) is 20.5. The van der Waals surface area contributed by atoms with Gasteiger partial charge in [-0.05, 0) is 81.6 Å². The Hall–Kier alpha value is -3.23. The lowest BCUT2D eigenvalue weighted by Gasteiger charge is -2.33. The van der Waals surface area contributed by atoms with Crippen LogP contribution in [0.4, 0.5) is 0 Å². The second kappa shape index (κ2) is 11.5. The van der Waals surface area contributed by atoms with Crippen molar-refractivity contribution in [2.75, 3.05) is 45.9 Å². The molecular formula is C27H34N4O4. The van der Waals surface area contributed by atoms with E-state index in [9.17, 15) is 9.59 Å². The second-order valence-electron chi connectivity index (χ2n) is 8.89. The van der Waals surface area contributed by atoms with Crippen LogP contribution >= 0.6 is 0 Å². The van der Waals surface area contributed by atoms with E-state index in [1.54, 1.807) is 18.5 Å². The number of imidazole rings is 1. The predicted molar refractivity (Wildman–Crippen MR) is 135 cm³/mol. The molecule has 0 aliphatic carbocycles. The molecular weight excluding hydrogens is 444 g/mol. The summed E-state index contributed by atoms with van der Waals surface area (Å²) in [6.45, 7) is 7.69. The molecule has 1 aliphatic heterocycles. The first-order valence-corrected chi connectivity index (χ1v) is 12.4. The van der Waals surface area contributed by atoms with Gasteiger partial charge in [0, 0.05) is 18.8 Å². The van der Waals surface area contributed by atoms with Gasteiger partial charge in [-0.3, -0.25) is 14.3 Å². The molecule has 0 spiro atoms. The molecule has 0 unspecified atom stereocenters. The van der Waals surface area contributed by atoms with E-state index in [0.29, 0.717) is 23.5 Å². The van der Waals surface area contributed by atoms with Gasteiger partial charge >= 0.3 is 5.97 Å². The number of piperidine rings is 1. The van der Waals surface area contributed by atoms with E-state index in [1.807, 2.05) is 29.4 Å². The predicted octanol–water partition coefficient (Wildman–Crippen LogP) is 3.22. The molecule has 35 heavy (non-hydrogen) atoms. The van der Waals surface area contributed by atoms with Crippen molar-refractivity contribution in [2.24, 2.45) is 0 Å². The van der Waals surface area contributed by atoms with Gasteiger partial charge in [0.25, 0.3) is 0 Å². The molecule has 1 saturated heterocycles. The largest absolute Gasteiger partial charge is 0.460 e. The highest BCUT2D eigenvalue weighted by molar-refractivity contribution is 5.94. The SMILES string of the molecule is CCN(CC)C(=O)CN1CCC(c2cccc(-n3cnc4cc(C(=O)OCCO)ccc43)c2)CC1. The molecule has 1 amide bonds. The maximum Gasteiger partial charge on any atom is 0.338 e. The van der Waals surface area contributed by atoms with Crippen molar-refractivity contribution in [1.82, 2.24) is 19.4 Å². The number of hydrogen-bond acceptors (Lipinski definition) is 6. The summed E-state index contributed by atoms with van der Waals surface area (Å²) in [6.07, 6.45) is 3.83. The van der Waals surface area contributed by atoms with Crippen molar-refractivity contribution in [1.29, 1.82) is 0 Å². The lowest BCUT2D eigenvalue weighted by atomic mass is 9.89. The third-order valence-electron chi connectivity index (χ3n) is 6.79. The summed E-state index contributed by atoms with van der Waals surface area (Å²) < 4.78 is 7.03. The number of aromatic nitrogens is 2. The van der Waals surface area contributed by atoms with Crippen molar-refractivity contribution in [3.05, 3.63) is 59.9 Å². The second-order valence-corrected chi connectivity index (χ2v) is 8.89. The van der Waals surface area contributed by atoms with Crippen LogP contribution in [0.1, 0.15) is 48.5 Å². The number of hydrogen-bond donors (Lipinski definition) is 1. The molecule has 8 nitrogen and oxygen atoms in total. The fourth-order valence-electron chi connectivity index (χ4n) is 4.79. The number of fused-ring (bicyclic) bond motifs is 1. The van der Waals surface area contributed by atoms with Crippen LogP contribution in [-0.2, 0) is 9.53 Å². The van der Waals surface area contributed by atoms with Crippen molar-refractivity contribution in [3.63, 3.8) is 0 Å². The molecule has 0 saturated carbocycles. The summed E-state index contributed by atoms with van der Waals surface area (Å²) in [7, 11) is 0. The highest BCUT2D eigenvalue weighted by atomic mass is 16.5. The van der Waals surface area contributed by atoms with E-state index < -0.39 is 5.97 Å². The van der Waals surface area contributed by atoms with Crippen LogP contribution < -0.4 is 0 Å². The lowest BCUT2D eigenvalue weighted by Crippen LogP contribution is -2.43. The molecule has 1 N–H and O–H groups in total. The number of esters is 1. The Morgan fingerprint density at radius 1 is 1.11 bits per heavy atom. The quantitative estimate of drug-likeness (QED) is 0.475. The van der Waals surface area contributed by atoms with E-state index in [4.69, 9.17) is 9.84 Å².